The second-order valence-electron chi connectivity index (χ2n) is 8.29. The average Bonchev–Trinajstić information content (AvgIpc) is 3.19. The van der Waals surface area contributed by atoms with E-state index in [-0.39, 0.29) is 5.56 Å². The predicted molar refractivity (Wildman–Crippen MR) is 132 cm³/mol. The third-order valence-electron chi connectivity index (χ3n) is 6.16. The summed E-state index contributed by atoms with van der Waals surface area (Å²) in [6, 6.07) is 15.9. The Balaban J connectivity index is 1.64. The van der Waals surface area contributed by atoms with Crippen molar-refractivity contribution in [2.24, 2.45) is 0 Å². The molecule has 32 heavy (non-hydrogen) atoms. The van der Waals surface area contributed by atoms with Crippen molar-refractivity contribution >= 4 is 33.3 Å². The Morgan fingerprint density at radius 2 is 1.88 bits per heavy atom. The molecule has 2 aromatic carbocycles. The van der Waals surface area contributed by atoms with Crippen LogP contribution in [-0.4, -0.2) is 9.55 Å². The third kappa shape index (κ3) is 3.76. The van der Waals surface area contributed by atoms with Crippen molar-refractivity contribution < 1.29 is 0 Å². The Morgan fingerprint density at radius 1 is 1.09 bits per heavy atom. The molecule has 160 valence electrons. The van der Waals surface area contributed by atoms with E-state index in [1.54, 1.807) is 27.7 Å². The van der Waals surface area contributed by atoms with E-state index >= 15 is 0 Å². The molecule has 0 unspecified atom stereocenters. The molecule has 6 heteroatoms. The summed E-state index contributed by atoms with van der Waals surface area (Å²) < 4.78 is 1.80. The topological polar surface area (TPSA) is 58.7 Å². The highest BCUT2D eigenvalue weighted by molar-refractivity contribution is 7.98. The molecule has 0 spiro atoms. The highest BCUT2D eigenvalue weighted by Gasteiger charge is 2.23. The number of aromatic nitrogens is 2. The first kappa shape index (κ1) is 21.0. The number of rotatable bonds is 4. The van der Waals surface area contributed by atoms with Gasteiger partial charge >= 0.3 is 0 Å². The highest BCUT2D eigenvalue weighted by Crippen LogP contribution is 2.35. The van der Waals surface area contributed by atoms with Crippen LogP contribution in [0.1, 0.15) is 45.5 Å². The van der Waals surface area contributed by atoms with Gasteiger partial charge in [0.25, 0.3) is 5.56 Å². The monoisotopic (exact) mass is 457 g/mol. The minimum atomic E-state index is 0.0416. The second-order valence-corrected chi connectivity index (χ2v) is 10.3. The van der Waals surface area contributed by atoms with Crippen molar-refractivity contribution in [3.05, 3.63) is 85.5 Å². The highest BCUT2D eigenvalue weighted by atomic mass is 32.2. The van der Waals surface area contributed by atoms with Crippen LogP contribution < -0.4 is 5.56 Å². The molecular weight excluding hydrogens is 434 g/mol. The Morgan fingerprint density at radius 3 is 2.62 bits per heavy atom. The molecule has 0 bridgehead atoms. The van der Waals surface area contributed by atoms with E-state index in [0.29, 0.717) is 16.5 Å². The van der Waals surface area contributed by atoms with Crippen LogP contribution in [0.2, 0.25) is 0 Å². The quantitative estimate of drug-likeness (QED) is 0.274. The van der Waals surface area contributed by atoms with Gasteiger partial charge in [0.2, 0.25) is 0 Å². The molecule has 0 radical (unpaired) electrons. The fraction of sp³-hybridized carbons (Fsp3) is 0.269. The molecule has 2 aromatic heterocycles. The zero-order valence-electron chi connectivity index (χ0n) is 18.1. The number of thioether (sulfide) groups is 1. The Kier molecular flexibility index (Phi) is 5.62. The first-order valence-electron chi connectivity index (χ1n) is 10.8. The van der Waals surface area contributed by atoms with E-state index in [1.165, 1.54) is 22.4 Å². The molecule has 4 nitrogen and oxygen atoms in total. The van der Waals surface area contributed by atoms with E-state index in [1.807, 2.05) is 30.3 Å². The minimum absolute atomic E-state index is 0.0416. The molecule has 4 aromatic rings. The SMILES string of the molecule is Cc1ccc(-n2c(SCc3ccc(C#N)cc3)nc3sc4c(c3c2=O)CCCC4)cc1C. The van der Waals surface area contributed by atoms with Gasteiger partial charge < -0.3 is 0 Å². The predicted octanol–water partition coefficient (Wildman–Crippen LogP) is 6.11. The molecule has 1 aliphatic carbocycles. The molecule has 0 atom stereocenters. The second kappa shape index (κ2) is 8.57. The maximum absolute atomic E-state index is 13.9. The zero-order valence-corrected chi connectivity index (χ0v) is 19.8. The van der Waals surface area contributed by atoms with Crippen molar-refractivity contribution in [1.82, 2.24) is 9.55 Å². The molecule has 1 aliphatic rings. The summed E-state index contributed by atoms with van der Waals surface area (Å²) in [4.78, 5) is 21.1. The first-order valence-corrected chi connectivity index (χ1v) is 12.6. The van der Waals surface area contributed by atoms with Crippen molar-refractivity contribution in [2.75, 3.05) is 0 Å². The number of hydrogen-bond acceptors (Lipinski definition) is 5. The number of nitriles is 1. The number of aryl methyl sites for hydroxylation is 4. The molecule has 0 N–H and O–H groups in total. The van der Waals surface area contributed by atoms with E-state index in [9.17, 15) is 4.79 Å². The minimum Gasteiger partial charge on any atom is -0.268 e. The van der Waals surface area contributed by atoms with E-state index in [2.05, 4.69) is 32.0 Å². The summed E-state index contributed by atoms with van der Waals surface area (Å²) in [5.41, 5.74) is 6.23. The van der Waals surface area contributed by atoms with Gasteiger partial charge in [0, 0.05) is 10.6 Å². The summed E-state index contributed by atoms with van der Waals surface area (Å²) in [6.45, 7) is 4.16. The van der Waals surface area contributed by atoms with Gasteiger partial charge in [-0.2, -0.15) is 5.26 Å². The maximum Gasteiger partial charge on any atom is 0.267 e. The van der Waals surface area contributed by atoms with Crippen LogP contribution in [0.15, 0.2) is 52.4 Å². The number of benzene rings is 2. The Hall–Kier alpha value is -2.88. The average molecular weight is 458 g/mol. The molecule has 5 rings (SSSR count). The molecule has 0 amide bonds. The number of fused-ring (bicyclic) bond motifs is 3. The fourth-order valence-electron chi connectivity index (χ4n) is 4.20. The van der Waals surface area contributed by atoms with Crippen LogP contribution in [0, 0.1) is 25.2 Å². The lowest BCUT2D eigenvalue weighted by Crippen LogP contribution is -2.22. The van der Waals surface area contributed by atoms with E-state index in [0.717, 1.165) is 46.3 Å². The van der Waals surface area contributed by atoms with Crippen LogP contribution in [-0.2, 0) is 18.6 Å². The standard InChI is InChI=1S/C26H23N3OS2/c1-16-7-12-20(13-17(16)2)29-25(30)23-21-5-3-4-6-22(21)32-24(23)28-26(29)31-15-19-10-8-18(14-27)9-11-19/h7-13H,3-6,15H2,1-2H3. The van der Waals surface area contributed by atoms with Crippen LogP contribution >= 0.6 is 23.1 Å². The Bertz CT molecular complexity index is 1420. The summed E-state index contributed by atoms with van der Waals surface area (Å²) in [7, 11) is 0. The number of nitrogens with zero attached hydrogens (tertiary/aromatic N) is 3. The van der Waals surface area contributed by atoms with E-state index < -0.39 is 0 Å². The van der Waals surface area contributed by atoms with Gasteiger partial charge in [-0.15, -0.1) is 11.3 Å². The van der Waals surface area contributed by atoms with Crippen molar-refractivity contribution in [1.29, 1.82) is 5.26 Å². The van der Waals surface area contributed by atoms with Crippen LogP contribution in [0.4, 0.5) is 0 Å². The van der Waals surface area contributed by atoms with Crippen LogP contribution in [0.5, 0.6) is 0 Å². The zero-order chi connectivity index (χ0) is 22.2. The van der Waals surface area contributed by atoms with Gasteiger partial charge in [-0.3, -0.25) is 9.36 Å². The van der Waals surface area contributed by atoms with Crippen molar-refractivity contribution in [3.63, 3.8) is 0 Å². The summed E-state index contributed by atoms with van der Waals surface area (Å²) in [5, 5.41) is 10.6. The van der Waals surface area contributed by atoms with Gasteiger partial charge in [-0.25, -0.2) is 4.98 Å². The molecule has 0 fully saturated rings. The van der Waals surface area contributed by atoms with Gasteiger partial charge in [-0.05, 0) is 86.1 Å². The van der Waals surface area contributed by atoms with Crippen molar-refractivity contribution in [2.45, 2.75) is 50.4 Å². The molecule has 0 saturated carbocycles. The summed E-state index contributed by atoms with van der Waals surface area (Å²) in [5.74, 6) is 0.680. The smallest absolute Gasteiger partial charge is 0.267 e. The lowest BCUT2D eigenvalue weighted by molar-refractivity contribution is 0.699. The lowest BCUT2D eigenvalue weighted by atomic mass is 9.97. The number of hydrogen-bond donors (Lipinski definition) is 0. The molecule has 2 heterocycles. The van der Waals surface area contributed by atoms with E-state index in [4.69, 9.17) is 10.2 Å². The summed E-state index contributed by atoms with van der Waals surface area (Å²) in [6.07, 6.45) is 4.34. The normalized spacial score (nSPS) is 13.2. The molecule has 0 aliphatic heterocycles. The van der Waals surface area contributed by atoms with Crippen LogP contribution in [0.3, 0.4) is 0 Å². The Labute approximate surface area is 195 Å². The van der Waals surface area contributed by atoms with Gasteiger partial charge in [0.15, 0.2) is 5.16 Å². The largest absolute Gasteiger partial charge is 0.268 e. The van der Waals surface area contributed by atoms with Crippen LogP contribution in [0.25, 0.3) is 15.9 Å². The number of thiophene rings is 1. The summed E-state index contributed by atoms with van der Waals surface area (Å²) >= 11 is 3.26. The first-order chi connectivity index (χ1) is 15.5. The van der Waals surface area contributed by atoms with Gasteiger partial charge in [0.1, 0.15) is 4.83 Å². The van der Waals surface area contributed by atoms with Gasteiger partial charge in [-0.1, -0.05) is 30.0 Å². The molecular formula is C26H23N3OS2. The third-order valence-corrected chi connectivity index (χ3v) is 8.35. The maximum atomic E-state index is 13.9. The lowest BCUT2D eigenvalue weighted by Gasteiger charge is -2.15. The molecule has 0 saturated heterocycles. The fourth-order valence-corrected chi connectivity index (χ4v) is 6.47. The van der Waals surface area contributed by atoms with Crippen molar-refractivity contribution in [3.8, 4) is 11.8 Å². The van der Waals surface area contributed by atoms with Gasteiger partial charge in [0.05, 0.1) is 22.7 Å².